The predicted octanol–water partition coefficient (Wildman–Crippen LogP) is 2.32. The van der Waals surface area contributed by atoms with E-state index in [1.165, 1.54) is 12.1 Å². The van der Waals surface area contributed by atoms with Crippen molar-refractivity contribution in [1.82, 2.24) is 15.5 Å². The van der Waals surface area contributed by atoms with Gasteiger partial charge in [0.05, 0.1) is 17.4 Å². The number of rotatable bonds is 5. The third-order valence-corrected chi connectivity index (χ3v) is 2.89. The molecule has 0 aliphatic carbocycles. The first kappa shape index (κ1) is 15.4. The molecule has 0 aliphatic rings. The average Bonchev–Trinajstić information content (AvgIpc) is 2.47. The fourth-order valence-electron chi connectivity index (χ4n) is 1.78. The standard InChI is InChI=1S/C14H14F3N3O/c15-14(16,17)11-5-3-10(4-6-11)13(21)9-18-8-12-2-1-7-19-20-12/h1-7,13,18,21H,8-9H2. The molecule has 4 nitrogen and oxygen atoms in total. The molecule has 112 valence electrons. The summed E-state index contributed by atoms with van der Waals surface area (Å²) in [4.78, 5) is 0. The number of nitrogens with zero attached hydrogens (tertiary/aromatic N) is 2. The van der Waals surface area contributed by atoms with Gasteiger partial charge in [0.15, 0.2) is 0 Å². The molecule has 21 heavy (non-hydrogen) atoms. The largest absolute Gasteiger partial charge is 0.416 e. The molecule has 0 saturated heterocycles. The molecule has 1 atom stereocenters. The normalized spacial score (nSPS) is 13.1. The molecule has 0 amide bonds. The van der Waals surface area contributed by atoms with Gasteiger partial charge in [0.25, 0.3) is 0 Å². The Balaban J connectivity index is 1.87. The van der Waals surface area contributed by atoms with Gasteiger partial charge < -0.3 is 10.4 Å². The van der Waals surface area contributed by atoms with E-state index in [4.69, 9.17) is 0 Å². The van der Waals surface area contributed by atoms with E-state index in [0.717, 1.165) is 17.8 Å². The lowest BCUT2D eigenvalue weighted by atomic mass is 10.1. The average molecular weight is 297 g/mol. The maximum Gasteiger partial charge on any atom is 0.416 e. The van der Waals surface area contributed by atoms with E-state index in [1.54, 1.807) is 18.3 Å². The zero-order valence-electron chi connectivity index (χ0n) is 11.0. The van der Waals surface area contributed by atoms with Gasteiger partial charge in [-0.3, -0.25) is 0 Å². The minimum absolute atomic E-state index is 0.210. The number of benzene rings is 1. The Bertz CT molecular complexity index is 558. The van der Waals surface area contributed by atoms with Gasteiger partial charge in [-0.05, 0) is 29.8 Å². The fourth-order valence-corrected chi connectivity index (χ4v) is 1.78. The second-order valence-corrected chi connectivity index (χ2v) is 4.48. The third kappa shape index (κ3) is 4.51. The van der Waals surface area contributed by atoms with Crippen molar-refractivity contribution in [2.45, 2.75) is 18.8 Å². The minimum atomic E-state index is -4.37. The summed E-state index contributed by atoms with van der Waals surface area (Å²) in [6.07, 6.45) is -3.70. The van der Waals surface area contributed by atoms with Crippen molar-refractivity contribution in [2.24, 2.45) is 0 Å². The van der Waals surface area contributed by atoms with Crippen molar-refractivity contribution in [3.8, 4) is 0 Å². The molecule has 2 N–H and O–H groups in total. The van der Waals surface area contributed by atoms with Crippen molar-refractivity contribution in [3.63, 3.8) is 0 Å². The van der Waals surface area contributed by atoms with Crippen LogP contribution in [0.1, 0.15) is 22.9 Å². The molecule has 1 unspecified atom stereocenters. The second kappa shape index (κ2) is 6.64. The van der Waals surface area contributed by atoms with Crippen LogP contribution in [0.5, 0.6) is 0 Å². The number of aliphatic hydroxyl groups is 1. The lowest BCUT2D eigenvalue weighted by Gasteiger charge is -2.13. The van der Waals surface area contributed by atoms with Crippen LogP contribution in [-0.4, -0.2) is 21.8 Å². The van der Waals surface area contributed by atoms with E-state index >= 15 is 0 Å². The van der Waals surface area contributed by atoms with E-state index < -0.39 is 17.8 Å². The summed E-state index contributed by atoms with van der Waals surface area (Å²) in [6.45, 7) is 0.632. The molecule has 1 heterocycles. The van der Waals surface area contributed by atoms with Gasteiger partial charge in [0.2, 0.25) is 0 Å². The first-order chi connectivity index (χ1) is 9.97. The van der Waals surface area contributed by atoms with Crippen LogP contribution >= 0.6 is 0 Å². The molecule has 0 aliphatic heterocycles. The summed E-state index contributed by atoms with van der Waals surface area (Å²) < 4.78 is 37.3. The van der Waals surface area contributed by atoms with Crippen molar-refractivity contribution in [2.75, 3.05) is 6.54 Å². The number of halogens is 3. The van der Waals surface area contributed by atoms with E-state index in [-0.39, 0.29) is 6.54 Å². The van der Waals surface area contributed by atoms with Crippen LogP contribution in [0.3, 0.4) is 0 Å². The van der Waals surface area contributed by atoms with Crippen LogP contribution in [0.4, 0.5) is 13.2 Å². The van der Waals surface area contributed by atoms with Gasteiger partial charge in [-0.25, -0.2) is 0 Å². The van der Waals surface area contributed by atoms with Crippen molar-refractivity contribution in [1.29, 1.82) is 0 Å². The summed E-state index contributed by atoms with van der Waals surface area (Å²) >= 11 is 0. The van der Waals surface area contributed by atoms with Crippen LogP contribution in [0.2, 0.25) is 0 Å². The SMILES string of the molecule is OC(CNCc1cccnn1)c1ccc(C(F)(F)F)cc1. The highest BCUT2D eigenvalue weighted by Crippen LogP contribution is 2.29. The molecule has 1 aromatic carbocycles. The Morgan fingerprint density at radius 2 is 1.86 bits per heavy atom. The molecular weight excluding hydrogens is 283 g/mol. The van der Waals surface area contributed by atoms with Crippen molar-refractivity contribution in [3.05, 3.63) is 59.4 Å². The van der Waals surface area contributed by atoms with Crippen LogP contribution in [-0.2, 0) is 12.7 Å². The Morgan fingerprint density at radius 3 is 2.43 bits per heavy atom. The Kier molecular flexibility index (Phi) is 4.87. The first-order valence-corrected chi connectivity index (χ1v) is 6.29. The van der Waals surface area contributed by atoms with E-state index in [2.05, 4.69) is 15.5 Å². The Morgan fingerprint density at radius 1 is 1.14 bits per heavy atom. The zero-order valence-corrected chi connectivity index (χ0v) is 11.0. The van der Waals surface area contributed by atoms with Crippen LogP contribution < -0.4 is 5.32 Å². The number of aliphatic hydroxyl groups excluding tert-OH is 1. The van der Waals surface area contributed by atoms with Crippen molar-refractivity contribution >= 4 is 0 Å². The number of hydrogen-bond acceptors (Lipinski definition) is 4. The van der Waals surface area contributed by atoms with Gasteiger partial charge in [-0.1, -0.05) is 12.1 Å². The van der Waals surface area contributed by atoms with Crippen molar-refractivity contribution < 1.29 is 18.3 Å². The van der Waals surface area contributed by atoms with E-state index in [0.29, 0.717) is 12.1 Å². The van der Waals surface area contributed by atoms with Gasteiger partial charge in [-0.2, -0.15) is 23.4 Å². The smallest absolute Gasteiger partial charge is 0.387 e. The molecule has 0 bridgehead atoms. The summed E-state index contributed by atoms with van der Waals surface area (Å²) in [7, 11) is 0. The summed E-state index contributed by atoms with van der Waals surface area (Å²) in [5.74, 6) is 0. The summed E-state index contributed by atoms with van der Waals surface area (Å²) in [6, 6.07) is 8.00. The van der Waals surface area contributed by atoms with Crippen LogP contribution in [0.15, 0.2) is 42.6 Å². The second-order valence-electron chi connectivity index (χ2n) is 4.48. The maximum absolute atomic E-state index is 12.4. The lowest BCUT2D eigenvalue weighted by molar-refractivity contribution is -0.137. The zero-order chi connectivity index (χ0) is 15.3. The number of nitrogens with one attached hydrogen (secondary N) is 1. The molecule has 0 spiro atoms. The number of aromatic nitrogens is 2. The lowest BCUT2D eigenvalue weighted by Crippen LogP contribution is -2.21. The molecule has 1 aromatic heterocycles. The molecule has 2 aromatic rings. The number of alkyl halides is 3. The monoisotopic (exact) mass is 297 g/mol. The Labute approximate surface area is 119 Å². The molecule has 0 radical (unpaired) electrons. The molecule has 0 fully saturated rings. The van der Waals surface area contributed by atoms with Crippen LogP contribution in [0, 0.1) is 0 Å². The Hall–Kier alpha value is -1.99. The topological polar surface area (TPSA) is 58.0 Å². The minimum Gasteiger partial charge on any atom is -0.387 e. The maximum atomic E-state index is 12.4. The summed E-state index contributed by atoms with van der Waals surface area (Å²) in [5.41, 5.74) is 0.415. The highest BCUT2D eigenvalue weighted by atomic mass is 19.4. The van der Waals surface area contributed by atoms with Crippen LogP contribution in [0.25, 0.3) is 0 Å². The molecule has 7 heteroatoms. The van der Waals surface area contributed by atoms with Gasteiger partial charge >= 0.3 is 6.18 Å². The highest BCUT2D eigenvalue weighted by Gasteiger charge is 2.30. The quantitative estimate of drug-likeness (QED) is 0.889. The fraction of sp³-hybridized carbons (Fsp3) is 0.286. The highest BCUT2D eigenvalue weighted by molar-refractivity contribution is 5.26. The molecular formula is C14H14F3N3O. The number of hydrogen-bond donors (Lipinski definition) is 2. The predicted molar refractivity (Wildman–Crippen MR) is 70.1 cm³/mol. The van der Waals surface area contributed by atoms with Gasteiger partial charge in [0, 0.05) is 19.3 Å². The van der Waals surface area contributed by atoms with Gasteiger partial charge in [-0.15, -0.1) is 0 Å². The molecule has 0 saturated carbocycles. The third-order valence-electron chi connectivity index (χ3n) is 2.89. The summed E-state index contributed by atoms with van der Waals surface area (Å²) in [5, 5.41) is 20.5. The first-order valence-electron chi connectivity index (χ1n) is 6.29. The molecule has 2 rings (SSSR count). The van der Waals surface area contributed by atoms with Gasteiger partial charge in [0.1, 0.15) is 0 Å². The van der Waals surface area contributed by atoms with E-state index in [1.807, 2.05) is 0 Å². The van der Waals surface area contributed by atoms with E-state index in [9.17, 15) is 18.3 Å².